The SMILES string of the molecule is CC/C=C\C/C=C\C/C=C\C/C=C\CCCCCCCCCCCCCCC(=O)OC(COC(=O)CCCCCCCCCCCCCCCCCCCC/C=C\C/C=C\C/C=C\CCCCCCC)COP(=O)(O)OCC[N+](C)(C)C. The van der Waals surface area contributed by atoms with E-state index in [-0.39, 0.29) is 32.0 Å². The van der Waals surface area contributed by atoms with Gasteiger partial charge in [-0.1, -0.05) is 292 Å². The van der Waals surface area contributed by atoms with Crippen molar-refractivity contribution in [2.24, 2.45) is 0 Å². The van der Waals surface area contributed by atoms with Crippen LogP contribution in [0.4, 0.5) is 0 Å². The Morgan fingerprint density at radius 1 is 0.390 bits per heavy atom. The van der Waals surface area contributed by atoms with E-state index < -0.39 is 26.5 Å². The standard InChI is InChI=1S/C72H130NO8P/c1-6-8-10-12-14-16-18-20-22-24-26-28-30-32-33-34-35-36-37-38-39-41-42-44-46-48-50-52-54-56-58-60-62-64-71(74)78-68-70(69-80-82(76,77)79-67-66-73(3,4)5)81-72(75)65-63-61-59-57-55-53-51-49-47-45-43-40-31-29-27-25-23-21-19-17-15-13-11-9-7-2/h9,11,15,17-18,20-21,23-24,26-27,29-30,32,70H,6-8,10,12-14,16,19,22,25,28,31,33-69H2,1-5H3/p+1/b11-9-,17-15-,20-18-,23-21-,26-24-,29-27-,32-30-. The van der Waals surface area contributed by atoms with Gasteiger partial charge in [0.15, 0.2) is 6.10 Å². The molecule has 1 N–H and O–H groups in total. The third-order valence-electron chi connectivity index (χ3n) is 14.9. The number of hydrogen-bond acceptors (Lipinski definition) is 7. The normalized spacial score (nSPS) is 13.7. The van der Waals surface area contributed by atoms with Gasteiger partial charge in [-0.25, -0.2) is 4.57 Å². The number of phosphoric acid groups is 1. The van der Waals surface area contributed by atoms with Gasteiger partial charge in [0.05, 0.1) is 27.7 Å². The van der Waals surface area contributed by atoms with Gasteiger partial charge in [-0.05, 0) is 89.9 Å². The summed E-state index contributed by atoms with van der Waals surface area (Å²) in [6.45, 7) is 4.34. The molecule has 2 atom stereocenters. The number of carbonyl (C=O) groups excluding carboxylic acids is 2. The second-order valence-electron chi connectivity index (χ2n) is 24.2. The van der Waals surface area contributed by atoms with Crippen molar-refractivity contribution >= 4 is 19.8 Å². The van der Waals surface area contributed by atoms with Crippen molar-refractivity contribution in [3.63, 3.8) is 0 Å². The molecule has 0 aliphatic rings. The summed E-state index contributed by atoms with van der Waals surface area (Å²) in [4.78, 5) is 35.9. The highest BCUT2D eigenvalue weighted by Crippen LogP contribution is 2.43. The summed E-state index contributed by atoms with van der Waals surface area (Å²) in [5, 5.41) is 0. The Kier molecular flexibility index (Phi) is 60.6. The first-order valence-corrected chi connectivity index (χ1v) is 35.8. The molecule has 2 unspecified atom stereocenters. The summed E-state index contributed by atoms with van der Waals surface area (Å²) in [6.07, 6.45) is 85.4. The second kappa shape index (κ2) is 62.7. The van der Waals surface area contributed by atoms with Crippen molar-refractivity contribution < 1.29 is 42.1 Å². The van der Waals surface area contributed by atoms with Crippen molar-refractivity contribution in [2.45, 2.75) is 315 Å². The molecule has 82 heavy (non-hydrogen) atoms. The fourth-order valence-corrected chi connectivity index (χ4v) is 10.4. The molecule has 0 radical (unpaired) electrons. The minimum absolute atomic E-state index is 0.0297. The number of quaternary nitrogens is 1. The zero-order chi connectivity index (χ0) is 59.8. The van der Waals surface area contributed by atoms with Crippen molar-refractivity contribution in [1.82, 2.24) is 0 Å². The van der Waals surface area contributed by atoms with Crippen LogP contribution in [0.15, 0.2) is 85.1 Å². The number of phosphoric ester groups is 1. The maximum atomic E-state index is 12.9. The number of rotatable bonds is 63. The van der Waals surface area contributed by atoms with E-state index in [1.807, 2.05) is 21.1 Å². The summed E-state index contributed by atoms with van der Waals surface area (Å²) in [5.41, 5.74) is 0. The number of nitrogens with zero attached hydrogens (tertiary/aromatic N) is 1. The van der Waals surface area contributed by atoms with Crippen molar-refractivity contribution in [2.75, 3.05) is 47.5 Å². The lowest BCUT2D eigenvalue weighted by atomic mass is 10.0. The van der Waals surface area contributed by atoms with E-state index in [1.165, 1.54) is 199 Å². The lowest BCUT2D eigenvalue weighted by Gasteiger charge is -2.24. The zero-order valence-electron chi connectivity index (χ0n) is 54.2. The molecular formula is C72H131NO8P+. The first kappa shape index (κ1) is 79.2. The van der Waals surface area contributed by atoms with Crippen LogP contribution in [-0.4, -0.2) is 74.9 Å². The third-order valence-corrected chi connectivity index (χ3v) is 15.9. The number of unbranched alkanes of at least 4 members (excludes halogenated alkanes) is 35. The molecule has 0 aromatic rings. The number of hydrogen-bond donors (Lipinski definition) is 1. The van der Waals surface area contributed by atoms with Crippen LogP contribution >= 0.6 is 7.82 Å². The molecule has 0 heterocycles. The topological polar surface area (TPSA) is 108 Å². The van der Waals surface area contributed by atoms with E-state index in [1.54, 1.807) is 0 Å². The van der Waals surface area contributed by atoms with E-state index in [9.17, 15) is 19.0 Å². The van der Waals surface area contributed by atoms with Gasteiger partial charge in [0.1, 0.15) is 19.8 Å². The van der Waals surface area contributed by atoms with Crippen molar-refractivity contribution in [3.8, 4) is 0 Å². The fraction of sp³-hybridized carbons (Fsp3) is 0.778. The van der Waals surface area contributed by atoms with E-state index in [0.717, 1.165) is 77.0 Å². The van der Waals surface area contributed by atoms with Crippen LogP contribution in [0.3, 0.4) is 0 Å². The van der Waals surface area contributed by atoms with Gasteiger partial charge in [-0.15, -0.1) is 0 Å². The van der Waals surface area contributed by atoms with E-state index in [2.05, 4.69) is 98.9 Å². The van der Waals surface area contributed by atoms with Gasteiger partial charge in [-0.2, -0.15) is 0 Å². The van der Waals surface area contributed by atoms with Gasteiger partial charge in [0, 0.05) is 12.8 Å². The van der Waals surface area contributed by atoms with E-state index >= 15 is 0 Å². The highest BCUT2D eigenvalue weighted by molar-refractivity contribution is 7.47. The van der Waals surface area contributed by atoms with Crippen molar-refractivity contribution in [1.29, 1.82) is 0 Å². The average molecular weight is 1170 g/mol. The molecule has 9 nitrogen and oxygen atoms in total. The highest BCUT2D eigenvalue weighted by Gasteiger charge is 2.27. The van der Waals surface area contributed by atoms with Crippen LogP contribution in [0.1, 0.15) is 309 Å². The Balaban J connectivity index is 4.03. The van der Waals surface area contributed by atoms with Gasteiger partial charge < -0.3 is 18.9 Å². The maximum Gasteiger partial charge on any atom is 0.472 e. The molecule has 0 aromatic carbocycles. The van der Waals surface area contributed by atoms with E-state index in [0.29, 0.717) is 17.4 Å². The Labute approximate surface area is 507 Å². The van der Waals surface area contributed by atoms with Crippen LogP contribution < -0.4 is 0 Å². The van der Waals surface area contributed by atoms with Crippen LogP contribution in [0.25, 0.3) is 0 Å². The highest BCUT2D eigenvalue weighted by atomic mass is 31.2. The van der Waals surface area contributed by atoms with Crippen molar-refractivity contribution in [3.05, 3.63) is 85.1 Å². The van der Waals surface area contributed by atoms with Gasteiger partial charge >= 0.3 is 19.8 Å². The van der Waals surface area contributed by atoms with Crippen LogP contribution in [0.5, 0.6) is 0 Å². The molecule has 0 aliphatic heterocycles. The number of allylic oxidation sites excluding steroid dienone is 14. The van der Waals surface area contributed by atoms with Gasteiger partial charge in [-0.3, -0.25) is 18.6 Å². The largest absolute Gasteiger partial charge is 0.472 e. The quantitative estimate of drug-likeness (QED) is 0.0211. The number of ether oxygens (including phenoxy) is 2. The molecule has 0 saturated carbocycles. The molecule has 476 valence electrons. The lowest BCUT2D eigenvalue weighted by molar-refractivity contribution is -0.870. The van der Waals surface area contributed by atoms with Gasteiger partial charge in [0.2, 0.25) is 0 Å². The molecule has 0 bridgehead atoms. The summed E-state index contributed by atoms with van der Waals surface area (Å²) < 4.78 is 34.7. The molecule has 0 fully saturated rings. The Morgan fingerprint density at radius 3 is 1.04 bits per heavy atom. The molecule has 0 spiro atoms. The predicted molar refractivity (Wildman–Crippen MR) is 353 cm³/mol. The van der Waals surface area contributed by atoms with Gasteiger partial charge in [0.25, 0.3) is 0 Å². The number of carbonyl (C=O) groups is 2. The first-order valence-electron chi connectivity index (χ1n) is 34.3. The Morgan fingerprint density at radius 2 is 0.695 bits per heavy atom. The first-order chi connectivity index (χ1) is 40.0. The summed E-state index contributed by atoms with van der Waals surface area (Å²) >= 11 is 0. The van der Waals surface area contributed by atoms with Crippen LogP contribution in [0, 0.1) is 0 Å². The maximum absolute atomic E-state index is 12.9. The summed E-state index contributed by atoms with van der Waals surface area (Å²) in [7, 11) is 1.48. The molecule has 0 aliphatic carbocycles. The number of likely N-dealkylation sites (N-methyl/N-ethyl adjacent to an activating group) is 1. The molecule has 0 rings (SSSR count). The van der Waals surface area contributed by atoms with Crippen LogP contribution in [-0.2, 0) is 32.7 Å². The monoisotopic (exact) mass is 1170 g/mol. The molecular weight excluding hydrogens is 1040 g/mol. The van der Waals surface area contributed by atoms with Crippen LogP contribution in [0.2, 0.25) is 0 Å². The van der Waals surface area contributed by atoms with E-state index in [4.69, 9.17) is 18.5 Å². The fourth-order valence-electron chi connectivity index (χ4n) is 9.66. The minimum Gasteiger partial charge on any atom is -0.462 e. The second-order valence-corrected chi connectivity index (χ2v) is 25.6. The molecule has 10 heteroatoms. The average Bonchev–Trinajstić information content (AvgIpc) is 3.46. The Bertz CT molecular complexity index is 1660. The minimum atomic E-state index is -4.39. The molecule has 0 amide bonds. The predicted octanol–water partition coefficient (Wildman–Crippen LogP) is 22.2. The summed E-state index contributed by atoms with van der Waals surface area (Å²) in [5.74, 6) is -0.791. The number of esters is 2. The molecule has 0 aromatic heterocycles. The zero-order valence-corrected chi connectivity index (χ0v) is 55.1. The molecule has 0 saturated heterocycles. The Hall–Kier alpha value is -2.81. The third kappa shape index (κ3) is 66.3. The lowest BCUT2D eigenvalue weighted by Crippen LogP contribution is -2.37. The smallest absolute Gasteiger partial charge is 0.462 e. The summed E-state index contributed by atoms with van der Waals surface area (Å²) in [6, 6.07) is 0.